The van der Waals surface area contributed by atoms with Gasteiger partial charge in [0.2, 0.25) is 5.91 Å². The highest BCUT2D eigenvalue weighted by atomic mass is 16.3. The number of likely N-dealkylation sites (N-methyl/N-ethyl adjacent to an activating group) is 1. The van der Waals surface area contributed by atoms with Crippen molar-refractivity contribution in [1.82, 2.24) is 34.4 Å². The van der Waals surface area contributed by atoms with Gasteiger partial charge in [-0.1, -0.05) is 13.8 Å². The summed E-state index contributed by atoms with van der Waals surface area (Å²) in [7, 11) is 1.87. The smallest absolute Gasteiger partial charge is 0.236 e. The number of carbonyl (C=O) groups excluding carboxylic acids is 1. The fourth-order valence-electron chi connectivity index (χ4n) is 5.71. The van der Waals surface area contributed by atoms with Crippen LogP contribution in [-0.4, -0.2) is 97.3 Å². The Morgan fingerprint density at radius 1 is 1.15 bits per heavy atom. The van der Waals surface area contributed by atoms with E-state index < -0.39 is 5.60 Å². The number of pyridine rings is 2. The zero-order valence-electron chi connectivity index (χ0n) is 24.1. The summed E-state index contributed by atoms with van der Waals surface area (Å²) >= 11 is 0. The summed E-state index contributed by atoms with van der Waals surface area (Å²) in [6, 6.07) is 4.19. The molecule has 5 heterocycles. The Hall–Kier alpha value is -3.50. The van der Waals surface area contributed by atoms with E-state index in [-0.39, 0.29) is 11.8 Å². The van der Waals surface area contributed by atoms with Crippen LogP contribution in [0.2, 0.25) is 0 Å². The van der Waals surface area contributed by atoms with Crippen LogP contribution >= 0.6 is 0 Å². The van der Waals surface area contributed by atoms with Crippen LogP contribution in [-0.2, 0) is 4.79 Å². The molecule has 39 heavy (non-hydrogen) atoms. The SMILES string of the molecule is Cc1c(-c2[nH]c3ccc(N4CCN(C(=O)CN(C)CC(C)(C)O)CC4)nc3c2C(C)C)cn2ncnc2c1C. The van der Waals surface area contributed by atoms with E-state index in [4.69, 9.17) is 4.98 Å². The van der Waals surface area contributed by atoms with Crippen LogP contribution in [0.5, 0.6) is 0 Å². The lowest BCUT2D eigenvalue weighted by molar-refractivity contribution is -0.132. The van der Waals surface area contributed by atoms with E-state index in [1.165, 1.54) is 11.1 Å². The average molecular weight is 533 g/mol. The van der Waals surface area contributed by atoms with Crippen LogP contribution in [0.3, 0.4) is 0 Å². The van der Waals surface area contributed by atoms with Crippen molar-refractivity contribution in [1.29, 1.82) is 0 Å². The van der Waals surface area contributed by atoms with Gasteiger partial charge in [-0.05, 0) is 63.9 Å². The number of amides is 1. The number of piperazine rings is 1. The summed E-state index contributed by atoms with van der Waals surface area (Å²) in [5, 5.41) is 14.4. The maximum absolute atomic E-state index is 12.8. The van der Waals surface area contributed by atoms with Gasteiger partial charge in [0, 0.05) is 50.0 Å². The molecule has 0 atom stereocenters. The van der Waals surface area contributed by atoms with Crippen molar-refractivity contribution in [3.63, 3.8) is 0 Å². The van der Waals surface area contributed by atoms with Crippen LogP contribution in [0.4, 0.5) is 5.82 Å². The summed E-state index contributed by atoms with van der Waals surface area (Å²) in [6.07, 6.45) is 3.65. The lowest BCUT2D eigenvalue weighted by atomic mass is 9.95. The van der Waals surface area contributed by atoms with Crippen molar-refractivity contribution in [2.45, 2.75) is 53.1 Å². The van der Waals surface area contributed by atoms with Crippen molar-refractivity contribution >= 4 is 28.4 Å². The second-order valence-corrected chi connectivity index (χ2v) is 11.8. The second-order valence-electron chi connectivity index (χ2n) is 11.8. The number of aliphatic hydroxyl groups is 1. The molecule has 1 amide bonds. The molecule has 0 unspecified atom stereocenters. The first kappa shape index (κ1) is 27.1. The van der Waals surface area contributed by atoms with E-state index in [1.807, 2.05) is 21.4 Å². The van der Waals surface area contributed by atoms with Gasteiger partial charge in [-0.3, -0.25) is 9.69 Å². The first-order chi connectivity index (χ1) is 18.4. The van der Waals surface area contributed by atoms with E-state index in [9.17, 15) is 9.90 Å². The first-order valence-corrected chi connectivity index (χ1v) is 13.7. The van der Waals surface area contributed by atoms with Crippen LogP contribution in [0.15, 0.2) is 24.7 Å². The second kappa shape index (κ2) is 10.2. The standard InChI is InChI=1S/C29H40N8O2/c1-18(2)25-26(21-14-37-28(30-17-31-37)20(4)19(21)3)32-22-8-9-23(33-27(22)25)35-10-12-36(13-11-35)24(38)15-34(7)16-29(5,6)39/h8-9,14,17-18,32,39H,10-13,15-16H2,1-7H3. The number of nitrogens with one attached hydrogen (secondary N) is 1. The maximum Gasteiger partial charge on any atom is 0.236 e. The topological polar surface area (TPSA) is 106 Å². The summed E-state index contributed by atoms with van der Waals surface area (Å²) in [5.41, 5.74) is 7.72. The zero-order chi connectivity index (χ0) is 28.1. The van der Waals surface area contributed by atoms with Crippen molar-refractivity contribution in [2.75, 3.05) is 51.2 Å². The zero-order valence-corrected chi connectivity index (χ0v) is 24.1. The Labute approximate surface area is 229 Å². The van der Waals surface area contributed by atoms with E-state index in [2.05, 4.69) is 66.0 Å². The van der Waals surface area contributed by atoms with E-state index in [0.717, 1.165) is 52.4 Å². The number of aryl methyl sites for hydroxylation is 1. The van der Waals surface area contributed by atoms with Gasteiger partial charge in [-0.2, -0.15) is 5.10 Å². The third kappa shape index (κ3) is 5.35. The van der Waals surface area contributed by atoms with Crippen LogP contribution < -0.4 is 4.90 Å². The van der Waals surface area contributed by atoms with Gasteiger partial charge in [0.15, 0.2) is 5.65 Å². The molecular formula is C29H40N8O2. The van der Waals surface area contributed by atoms with Crippen molar-refractivity contribution in [3.8, 4) is 11.3 Å². The summed E-state index contributed by atoms with van der Waals surface area (Å²) in [5.74, 6) is 1.29. The third-order valence-electron chi connectivity index (χ3n) is 7.66. The molecule has 5 rings (SSSR count). The van der Waals surface area contributed by atoms with Gasteiger partial charge < -0.3 is 19.9 Å². The monoisotopic (exact) mass is 532 g/mol. The minimum Gasteiger partial charge on any atom is -0.389 e. The molecule has 10 heteroatoms. The summed E-state index contributed by atoms with van der Waals surface area (Å²) in [4.78, 5) is 32.1. The van der Waals surface area contributed by atoms with E-state index >= 15 is 0 Å². The van der Waals surface area contributed by atoms with Gasteiger partial charge in [0.25, 0.3) is 0 Å². The molecular weight excluding hydrogens is 492 g/mol. The van der Waals surface area contributed by atoms with Crippen molar-refractivity contribution in [2.24, 2.45) is 0 Å². The minimum absolute atomic E-state index is 0.0946. The number of anilines is 1. The Kier molecular flexibility index (Phi) is 7.11. The number of rotatable bonds is 7. The van der Waals surface area contributed by atoms with Gasteiger partial charge in [0.1, 0.15) is 12.1 Å². The molecule has 4 aromatic heterocycles. The molecule has 1 aliphatic heterocycles. The van der Waals surface area contributed by atoms with E-state index in [1.54, 1.807) is 20.2 Å². The molecule has 0 radical (unpaired) electrons. The number of hydrogen-bond acceptors (Lipinski definition) is 7. The van der Waals surface area contributed by atoms with E-state index in [0.29, 0.717) is 26.2 Å². The predicted octanol–water partition coefficient (Wildman–Crippen LogP) is 3.36. The maximum atomic E-state index is 12.8. The average Bonchev–Trinajstić information content (AvgIpc) is 3.49. The highest BCUT2D eigenvalue weighted by Crippen LogP contribution is 2.38. The molecule has 4 aromatic rings. The number of nitrogens with zero attached hydrogens (tertiary/aromatic N) is 7. The molecule has 0 aromatic carbocycles. The molecule has 1 saturated heterocycles. The first-order valence-electron chi connectivity index (χ1n) is 13.7. The molecule has 0 bridgehead atoms. The van der Waals surface area contributed by atoms with Crippen LogP contribution in [0.25, 0.3) is 27.9 Å². The highest BCUT2D eigenvalue weighted by molar-refractivity contribution is 5.90. The lowest BCUT2D eigenvalue weighted by Crippen LogP contribution is -2.52. The van der Waals surface area contributed by atoms with Crippen molar-refractivity contribution in [3.05, 3.63) is 41.3 Å². The normalized spacial score (nSPS) is 14.9. The van der Waals surface area contributed by atoms with Crippen LogP contribution in [0, 0.1) is 13.8 Å². The Bertz CT molecular complexity index is 1510. The van der Waals surface area contributed by atoms with Crippen LogP contribution in [0.1, 0.15) is 50.3 Å². The third-order valence-corrected chi connectivity index (χ3v) is 7.66. The molecule has 0 spiro atoms. The van der Waals surface area contributed by atoms with Gasteiger partial charge in [-0.15, -0.1) is 0 Å². The Balaban J connectivity index is 1.38. The van der Waals surface area contributed by atoms with Gasteiger partial charge in [0.05, 0.1) is 28.9 Å². The predicted molar refractivity (Wildman–Crippen MR) is 154 cm³/mol. The van der Waals surface area contributed by atoms with Gasteiger partial charge in [-0.25, -0.2) is 14.5 Å². The number of aromatic nitrogens is 5. The lowest BCUT2D eigenvalue weighted by Gasteiger charge is -2.36. The largest absolute Gasteiger partial charge is 0.389 e. The molecule has 2 N–H and O–H groups in total. The molecule has 0 aliphatic carbocycles. The Morgan fingerprint density at radius 2 is 1.87 bits per heavy atom. The van der Waals surface area contributed by atoms with Crippen molar-refractivity contribution < 1.29 is 9.90 Å². The summed E-state index contributed by atoms with van der Waals surface area (Å²) < 4.78 is 1.84. The van der Waals surface area contributed by atoms with Gasteiger partial charge >= 0.3 is 0 Å². The minimum atomic E-state index is -0.828. The highest BCUT2D eigenvalue weighted by Gasteiger charge is 2.26. The number of hydrogen-bond donors (Lipinski definition) is 2. The number of fused-ring (bicyclic) bond motifs is 2. The number of H-pyrrole nitrogens is 1. The summed E-state index contributed by atoms with van der Waals surface area (Å²) in [6.45, 7) is 15.7. The molecule has 208 valence electrons. The fourth-order valence-corrected chi connectivity index (χ4v) is 5.71. The number of carbonyl (C=O) groups is 1. The fraction of sp³-hybridized carbons (Fsp3) is 0.517. The molecule has 1 fully saturated rings. The molecule has 1 aliphatic rings. The Morgan fingerprint density at radius 3 is 2.54 bits per heavy atom. The molecule has 10 nitrogen and oxygen atoms in total. The quantitative estimate of drug-likeness (QED) is 0.376. The molecule has 0 saturated carbocycles. The number of aromatic amines is 1.